The van der Waals surface area contributed by atoms with Gasteiger partial charge >= 0.3 is 11.9 Å². The van der Waals surface area contributed by atoms with Crippen molar-refractivity contribution in [3.63, 3.8) is 0 Å². The summed E-state index contributed by atoms with van der Waals surface area (Å²) in [5.41, 5.74) is 2.26. The van der Waals surface area contributed by atoms with Gasteiger partial charge in [0.1, 0.15) is 17.8 Å². The van der Waals surface area contributed by atoms with E-state index < -0.39 is 58.4 Å². The molecule has 1 fully saturated rings. The van der Waals surface area contributed by atoms with Crippen LogP contribution in [-0.4, -0.2) is 64.8 Å². The van der Waals surface area contributed by atoms with Gasteiger partial charge in [0.2, 0.25) is 0 Å². The monoisotopic (exact) mass is 798 g/mol. The number of rotatable bonds is 14. The van der Waals surface area contributed by atoms with Gasteiger partial charge in [0.25, 0.3) is 10.1 Å². The predicted molar refractivity (Wildman–Crippen MR) is 215 cm³/mol. The van der Waals surface area contributed by atoms with Gasteiger partial charge in [0.15, 0.2) is 18.5 Å². The van der Waals surface area contributed by atoms with E-state index in [1.807, 2.05) is 97.9 Å². The van der Waals surface area contributed by atoms with E-state index >= 15 is 0 Å². The highest BCUT2D eigenvalue weighted by molar-refractivity contribution is 7.86. The molecule has 1 aliphatic heterocycles. The lowest BCUT2D eigenvalue weighted by Gasteiger charge is -2.45. The average molecular weight is 799 g/mol. The van der Waals surface area contributed by atoms with E-state index in [0.717, 1.165) is 22.3 Å². The number of benzene rings is 6. The molecule has 0 spiro atoms. The van der Waals surface area contributed by atoms with E-state index in [1.165, 1.54) is 19.2 Å². The third-order valence-corrected chi connectivity index (χ3v) is 11.2. The van der Waals surface area contributed by atoms with Crippen LogP contribution in [0.15, 0.2) is 181 Å². The lowest BCUT2D eigenvalue weighted by Crippen LogP contribution is -2.63. The molecule has 6 aromatic rings. The Morgan fingerprint density at radius 2 is 0.983 bits per heavy atom. The molecule has 6 aromatic carbocycles. The van der Waals surface area contributed by atoms with Crippen LogP contribution in [0, 0.1) is 6.92 Å². The Kier molecular flexibility index (Phi) is 12.6. The molecular formula is C47H42O10S. The van der Waals surface area contributed by atoms with Crippen LogP contribution in [0.4, 0.5) is 0 Å². The van der Waals surface area contributed by atoms with Crippen LogP contribution in [-0.2, 0) is 43.6 Å². The van der Waals surface area contributed by atoms with Gasteiger partial charge in [-0.2, -0.15) is 8.42 Å². The number of hydrogen-bond donors (Lipinski definition) is 0. The standard InChI is InChI=1S/C47H42O10S/c1-33-28-30-39(31-29-33)58(50,51)57-41-40(32-53-47(36-22-12-5-13-23-36,37-24-14-6-15-25-37)38-26-16-7-17-27-38)54-46(52-2)43(56-45(49)35-20-10-4-11-21-35)42(41)55-44(48)34-18-8-3-9-19-34/h3-31,40-43,46H,32H2,1-2H3/t40-,41-,42-,43-,46+/m1/s1. The van der Waals surface area contributed by atoms with Gasteiger partial charge in [-0.15, -0.1) is 0 Å². The topological polar surface area (TPSA) is 124 Å². The van der Waals surface area contributed by atoms with E-state index in [9.17, 15) is 18.0 Å². The van der Waals surface area contributed by atoms with Crippen molar-refractivity contribution < 1.29 is 45.9 Å². The van der Waals surface area contributed by atoms with Crippen LogP contribution in [0.1, 0.15) is 43.0 Å². The summed E-state index contributed by atoms with van der Waals surface area (Å²) in [6.07, 6.45) is -7.44. The van der Waals surface area contributed by atoms with Gasteiger partial charge in [-0.05, 0) is 60.0 Å². The highest BCUT2D eigenvalue weighted by Gasteiger charge is 2.54. The zero-order valence-electron chi connectivity index (χ0n) is 31.8. The lowest BCUT2D eigenvalue weighted by molar-refractivity contribution is -0.292. The highest BCUT2D eigenvalue weighted by Crippen LogP contribution is 2.42. The minimum absolute atomic E-state index is 0.148. The molecule has 1 heterocycles. The second-order valence-electron chi connectivity index (χ2n) is 13.7. The van der Waals surface area contributed by atoms with Crippen molar-refractivity contribution >= 4 is 22.1 Å². The van der Waals surface area contributed by atoms with E-state index in [-0.39, 0.29) is 22.6 Å². The molecule has 296 valence electrons. The molecule has 0 aliphatic carbocycles. The molecule has 7 rings (SSSR count). The molecule has 0 amide bonds. The summed E-state index contributed by atoms with van der Waals surface area (Å²) in [5.74, 6) is -1.61. The molecule has 0 radical (unpaired) electrons. The summed E-state index contributed by atoms with van der Waals surface area (Å²) in [6, 6.07) is 51.3. The number of hydrogen-bond acceptors (Lipinski definition) is 10. The third-order valence-electron chi connectivity index (χ3n) is 9.88. The predicted octanol–water partition coefficient (Wildman–Crippen LogP) is 7.90. The minimum atomic E-state index is -4.59. The summed E-state index contributed by atoms with van der Waals surface area (Å²) < 4.78 is 66.2. The quantitative estimate of drug-likeness (QED) is 0.0611. The molecule has 0 unspecified atom stereocenters. The van der Waals surface area contributed by atoms with Crippen molar-refractivity contribution in [3.8, 4) is 0 Å². The second kappa shape index (κ2) is 18.1. The molecule has 1 saturated heterocycles. The molecule has 58 heavy (non-hydrogen) atoms. The molecule has 11 heteroatoms. The Bertz CT molecular complexity index is 2260. The summed E-state index contributed by atoms with van der Waals surface area (Å²) in [7, 11) is -3.25. The first kappa shape index (κ1) is 40.3. The molecule has 10 nitrogen and oxygen atoms in total. The van der Waals surface area contributed by atoms with E-state index in [2.05, 4.69) is 0 Å². The second-order valence-corrected chi connectivity index (χ2v) is 15.2. The number of carbonyl (C=O) groups is 2. The SMILES string of the molecule is CO[C@H]1O[C@H](COC(c2ccccc2)(c2ccccc2)c2ccccc2)[C@@H](OS(=O)(=O)c2ccc(C)cc2)[C@@H](OC(=O)c2ccccc2)[C@H]1OC(=O)c1ccccc1. The fraction of sp³-hybridized carbons (Fsp3) is 0.191. The van der Waals surface area contributed by atoms with Crippen molar-refractivity contribution in [2.75, 3.05) is 13.7 Å². The summed E-state index contributed by atoms with van der Waals surface area (Å²) in [4.78, 5) is 27.5. The molecule has 1 aliphatic rings. The van der Waals surface area contributed by atoms with Crippen LogP contribution in [0.25, 0.3) is 0 Å². The van der Waals surface area contributed by atoms with Crippen molar-refractivity contribution in [2.24, 2.45) is 0 Å². The number of esters is 2. The number of ether oxygens (including phenoxy) is 5. The number of carbonyl (C=O) groups excluding carboxylic acids is 2. The van der Waals surface area contributed by atoms with Crippen LogP contribution in [0.5, 0.6) is 0 Å². The maximum Gasteiger partial charge on any atom is 0.338 e. The molecule has 0 N–H and O–H groups in total. The average Bonchev–Trinajstić information content (AvgIpc) is 3.27. The molecule has 0 bridgehead atoms. The largest absolute Gasteiger partial charge is 0.452 e. The normalized spacial score (nSPS) is 19.5. The number of methoxy groups -OCH3 is 1. The minimum Gasteiger partial charge on any atom is -0.452 e. The zero-order valence-corrected chi connectivity index (χ0v) is 32.6. The third kappa shape index (κ3) is 8.79. The Morgan fingerprint density at radius 1 is 0.569 bits per heavy atom. The highest BCUT2D eigenvalue weighted by atomic mass is 32.2. The van der Waals surface area contributed by atoms with Crippen molar-refractivity contribution in [3.05, 3.63) is 209 Å². The fourth-order valence-electron chi connectivity index (χ4n) is 6.99. The maximum absolute atomic E-state index is 14.2. The van der Waals surface area contributed by atoms with Gasteiger partial charge < -0.3 is 23.7 Å². The van der Waals surface area contributed by atoms with Crippen molar-refractivity contribution in [1.29, 1.82) is 0 Å². The Morgan fingerprint density at radius 3 is 1.41 bits per heavy atom. The van der Waals surface area contributed by atoms with Crippen LogP contribution in [0.3, 0.4) is 0 Å². The van der Waals surface area contributed by atoms with Crippen molar-refractivity contribution in [2.45, 2.75) is 48.1 Å². The number of aryl methyl sites for hydroxylation is 1. The van der Waals surface area contributed by atoms with Crippen LogP contribution >= 0.6 is 0 Å². The van der Waals surface area contributed by atoms with Gasteiger partial charge in [0, 0.05) is 7.11 Å². The smallest absolute Gasteiger partial charge is 0.338 e. The van der Waals surface area contributed by atoms with Gasteiger partial charge in [-0.3, -0.25) is 4.18 Å². The fourth-order valence-corrected chi connectivity index (χ4v) is 8.10. The van der Waals surface area contributed by atoms with Gasteiger partial charge in [0.05, 0.1) is 22.6 Å². The molecular weight excluding hydrogens is 757 g/mol. The van der Waals surface area contributed by atoms with E-state index in [1.54, 1.807) is 72.8 Å². The Balaban J connectivity index is 1.36. The van der Waals surface area contributed by atoms with Crippen LogP contribution in [0.2, 0.25) is 0 Å². The van der Waals surface area contributed by atoms with E-state index in [0.29, 0.717) is 0 Å². The molecule has 0 aromatic heterocycles. The Hall–Kier alpha value is -5.95. The first-order valence-electron chi connectivity index (χ1n) is 18.7. The molecule has 5 atom stereocenters. The maximum atomic E-state index is 14.2. The zero-order chi connectivity index (χ0) is 40.5. The molecule has 0 saturated carbocycles. The Labute approximate surface area is 338 Å². The van der Waals surface area contributed by atoms with E-state index in [4.69, 9.17) is 27.9 Å². The summed E-state index contributed by atoms with van der Waals surface area (Å²) >= 11 is 0. The summed E-state index contributed by atoms with van der Waals surface area (Å²) in [6.45, 7) is 1.50. The summed E-state index contributed by atoms with van der Waals surface area (Å²) in [5, 5.41) is 0. The van der Waals surface area contributed by atoms with Crippen LogP contribution < -0.4 is 0 Å². The van der Waals surface area contributed by atoms with Gasteiger partial charge in [-0.25, -0.2) is 9.59 Å². The first-order valence-corrected chi connectivity index (χ1v) is 20.1. The van der Waals surface area contributed by atoms with Crippen molar-refractivity contribution in [1.82, 2.24) is 0 Å². The first-order chi connectivity index (χ1) is 28.2. The van der Waals surface area contributed by atoms with Gasteiger partial charge in [-0.1, -0.05) is 145 Å². The lowest BCUT2D eigenvalue weighted by atomic mass is 9.80.